The lowest BCUT2D eigenvalue weighted by molar-refractivity contribution is -0.132. The average Bonchev–Trinajstić information content (AvgIpc) is 3.24. The fraction of sp³-hybridized carbons (Fsp3) is 0.429. The van der Waals surface area contributed by atoms with Crippen molar-refractivity contribution in [1.29, 1.82) is 0 Å². The number of para-hydroxylation sites is 1. The highest BCUT2D eigenvalue weighted by Gasteiger charge is 2.24. The summed E-state index contributed by atoms with van der Waals surface area (Å²) >= 11 is 1.12. The van der Waals surface area contributed by atoms with Crippen LogP contribution in [0.4, 0.5) is 5.69 Å². The van der Waals surface area contributed by atoms with Gasteiger partial charge in [0.2, 0.25) is 5.91 Å². The number of amides is 1. The van der Waals surface area contributed by atoms with Crippen molar-refractivity contribution in [2.24, 2.45) is 5.92 Å². The predicted octanol–water partition coefficient (Wildman–Crippen LogP) is 1.62. The van der Waals surface area contributed by atoms with Gasteiger partial charge < -0.3 is 9.80 Å². The lowest BCUT2D eigenvalue weighted by Gasteiger charge is -2.36. The maximum Gasteiger partial charge on any atom is 0.332 e. The molecule has 3 aromatic rings. The zero-order chi connectivity index (χ0) is 21.3. The number of aromatic nitrogens is 3. The predicted molar refractivity (Wildman–Crippen MR) is 118 cm³/mol. The molecule has 0 atom stereocenters. The minimum Gasteiger partial charge on any atom is -0.368 e. The van der Waals surface area contributed by atoms with E-state index in [0.717, 1.165) is 30.3 Å². The fourth-order valence-electron chi connectivity index (χ4n) is 3.80. The van der Waals surface area contributed by atoms with Crippen molar-refractivity contribution in [2.75, 3.05) is 31.1 Å². The van der Waals surface area contributed by atoms with Gasteiger partial charge in [0.25, 0.3) is 5.56 Å². The molecule has 1 amide bonds. The Morgan fingerprint density at radius 1 is 1.07 bits per heavy atom. The van der Waals surface area contributed by atoms with Crippen LogP contribution in [0.1, 0.15) is 13.8 Å². The van der Waals surface area contributed by atoms with Gasteiger partial charge in [-0.3, -0.25) is 18.7 Å². The van der Waals surface area contributed by atoms with Gasteiger partial charge in [0.05, 0.1) is 5.52 Å². The normalized spacial score (nSPS) is 14.6. The summed E-state index contributed by atoms with van der Waals surface area (Å²) < 4.78 is 6.77. The standard InChI is InChI=1S/C21H25N5O3S/c1-15(2)12-26-20(28)19-17(14-30-22-19)25(21(26)29)13-18(27)24-10-8-23(9-11-24)16-6-4-3-5-7-16/h3-7,14-15H,8-13H2,1-2H3. The molecule has 0 radical (unpaired) electrons. The molecule has 9 heteroatoms. The monoisotopic (exact) mass is 427 g/mol. The molecule has 3 heterocycles. The first kappa shape index (κ1) is 20.3. The third-order valence-electron chi connectivity index (χ3n) is 5.35. The molecule has 0 saturated carbocycles. The molecule has 30 heavy (non-hydrogen) atoms. The number of carbonyl (C=O) groups excluding carboxylic acids is 1. The molecule has 1 aliphatic rings. The Kier molecular flexibility index (Phi) is 5.72. The maximum atomic E-state index is 13.0. The van der Waals surface area contributed by atoms with Gasteiger partial charge in [-0.1, -0.05) is 32.0 Å². The highest BCUT2D eigenvalue weighted by atomic mass is 32.1. The van der Waals surface area contributed by atoms with Crippen LogP contribution in [0.3, 0.4) is 0 Å². The van der Waals surface area contributed by atoms with E-state index in [1.165, 1.54) is 9.13 Å². The highest BCUT2D eigenvalue weighted by Crippen LogP contribution is 2.16. The molecule has 0 aliphatic carbocycles. The minimum atomic E-state index is -0.447. The number of nitrogens with zero attached hydrogens (tertiary/aromatic N) is 5. The summed E-state index contributed by atoms with van der Waals surface area (Å²) in [6, 6.07) is 10.1. The summed E-state index contributed by atoms with van der Waals surface area (Å²) in [5, 5.41) is 1.67. The number of carbonyl (C=O) groups is 1. The van der Waals surface area contributed by atoms with Crippen LogP contribution < -0.4 is 16.1 Å². The Labute approximate surface area is 178 Å². The van der Waals surface area contributed by atoms with Crippen LogP contribution in [0.5, 0.6) is 0 Å². The van der Waals surface area contributed by atoms with E-state index in [1.807, 2.05) is 32.0 Å². The van der Waals surface area contributed by atoms with Crippen LogP contribution in [0, 0.1) is 5.92 Å². The van der Waals surface area contributed by atoms with Gasteiger partial charge in [-0.25, -0.2) is 4.79 Å². The van der Waals surface area contributed by atoms with E-state index in [0.29, 0.717) is 25.2 Å². The van der Waals surface area contributed by atoms with Gasteiger partial charge in [0, 0.05) is 43.8 Å². The Bertz CT molecular complexity index is 1160. The van der Waals surface area contributed by atoms with Crippen molar-refractivity contribution < 1.29 is 4.79 Å². The molecule has 1 aromatic carbocycles. The van der Waals surface area contributed by atoms with Crippen molar-refractivity contribution in [2.45, 2.75) is 26.9 Å². The number of anilines is 1. The highest BCUT2D eigenvalue weighted by molar-refractivity contribution is 7.04. The molecule has 8 nitrogen and oxygen atoms in total. The number of piperazine rings is 1. The van der Waals surface area contributed by atoms with E-state index < -0.39 is 5.69 Å². The summed E-state index contributed by atoms with van der Waals surface area (Å²) in [5.41, 5.74) is 1.00. The molecule has 0 unspecified atom stereocenters. The van der Waals surface area contributed by atoms with E-state index >= 15 is 0 Å². The van der Waals surface area contributed by atoms with Crippen molar-refractivity contribution in [1.82, 2.24) is 18.4 Å². The molecule has 0 N–H and O–H groups in total. The first-order valence-electron chi connectivity index (χ1n) is 10.1. The van der Waals surface area contributed by atoms with Crippen LogP contribution in [0.2, 0.25) is 0 Å². The summed E-state index contributed by atoms with van der Waals surface area (Å²) in [7, 11) is 0. The second-order valence-corrected chi connectivity index (χ2v) is 8.56. The quantitative estimate of drug-likeness (QED) is 0.618. The molecular weight excluding hydrogens is 402 g/mol. The Morgan fingerprint density at radius 3 is 2.43 bits per heavy atom. The molecule has 4 rings (SSSR count). The minimum absolute atomic E-state index is 0.0859. The molecule has 158 valence electrons. The Hall–Kier alpha value is -2.94. The van der Waals surface area contributed by atoms with Crippen LogP contribution in [0.25, 0.3) is 11.0 Å². The SMILES string of the molecule is CC(C)Cn1c(=O)c2nscc2n(CC(=O)N2CCN(c3ccccc3)CC2)c1=O. The first-order chi connectivity index (χ1) is 14.5. The summed E-state index contributed by atoms with van der Waals surface area (Å²) in [6.45, 7) is 6.78. The van der Waals surface area contributed by atoms with E-state index in [4.69, 9.17) is 0 Å². The van der Waals surface area contributed by atoms with Gasteiger partial charge >= 0.3 is 5.69 Å². The lowest BCUT2D eigenvalue weighted by Crippen LogP contribution is -2.51. The molecule has 0 bridgehead atoms. The summed E-state index contributed by atoms with van der Waals surface area (Å²) in [4.78, 5) is 42.7. The average molecular weight is 428 g/mol. The summed E-state index contributed by atoms with van der Waals surface area (Å²) in [5.74, 6) is 0.00811. The Morgan fingerprint density at radius 2 is 1.77 bits per heavy atom. The van der Waals surface area contributed by atoms with Crippen LogP contribution in [-0.2, 0) is 17.9 Å². The molecule has 1 saturated heterocycles. The van der Waals surface area contributed by atoms with Gasteiger partial charge in [-0.2, -0.15) is 4.37 Å². The lowest BCUT2D eigenvalue weighted by atomic mass is 10.2. The molecule has 0 spiro atoms. The van der Waals surface area contributed by atoms with Gasteiger partial charge in [-0.05, 0) is 29.6 Å². The number of fused-ring (bicyclic) bond motifs is 1. The summed E-state index contributed by atoms with van der Waals surface area (Å²) in [6.07, 6.45) is 0. The second-order valence-electron chi connectivity index (χ2n) is 7.93. The van der Waals surface area contributed by atoms with E-state index in [-0.39, 0.29) is 29.4 Å². The van der Waals surface area contributed by atoms with Crippen molar-refractivity contribution >= 4 is 34.2 Å². The van der Waals surface area contributed by atoms with E-state index in [2.05, 4.69) is 21.4 Å². The first-order valence-corrected chi connectivity index (χ1v) is 10.9. The zero-order valence-corrected chi connectivity index (χ0v) is 18.0. The van der Waals surface area contributed by atoms with Crippen LogP contribution >= 0.6 is 11.5 Å². The number of hydrogen-bond donors (Lipinski definition) is 0. The number of benzene rings is 1. The number of rotatable bonds is 5. The largest absolute Gasteiger partial charge is 0.368 e. The van der Waals surface area contributed by atoms with Gasteiger partial charge in [-0.15, -0.1) is 0 Å². The Balaban J connectivity index is 1.55. The molecular formula is C21H25N5O3S. The van der Waals surface area contributed by atoms with Crippen molar-refractivity contribution in [3.8, 4) is 0 Å². The third kappa shape index (κ3) is 3.89. The van der Waals surface area contributed by atoms with E-state index in [9.17, 15) is 14.4 Å². The number of hydrogen-bond acceptors (Lipinski definition) is 6. The van der Waals surface area contributed by atoms with Gasteiger partial charge in [0.15, 0.2) is 5.52 Å². The third-order valence-corrected chi connectivity index (χ3v) is 5.96. The van der Waals surface area contributed by atoms with Crippen molar-refractivity contribution in [3.05, 3.63) is 56.5 Å². The fourth-order valence-corrected chi connectivity index (χ4v) is 4.47. The van der Waals surface area contributed by atoms with Gasteiger partial charge in [0.1, 0.15) is 6.54 Å². The molecule has 1 fully saturated rings. The van der Waals surface area contributed by atoms with E-state index in [1.54, 1.807) is 10.3 Å². The molecule has 2 aromatic heterocycles. The maximum absolute atomic E-state index is 13.0. The van der Waals surface area contributed by atoms with Crippen LogP contribution in [0.15, 0.2) is 45.3 Å². The van der Waals surface area contributed by atoms with Crippen LogP contribution in [-0.4, -0.2) is 50.5 Å². The van der Waals surface area contributed by atoms with Crippen molar-refractivity contribution in [3.63, 3.8) is 0 Å². The molecule has 1 aliphatic heterocycles. The zero-order valence-electron chi connectivity index (χ0n) is 17.2. The topological polar surface area (TPSA) is 80.4 Å². The second kappa shape index (κ2) is 8.43. The smallest absolute Gasteiger partial charge is 0.332 e.